The van der Waals surface area contributed by atoms with Gasteiger partial charge in [-0.15, -0.1) is 0 Å². The SMILES string of the molecule is CC1=NC2C=C(N3CCOc4cc(C(=O)N5CCC(F)(F)C5)[nH]c43)C=CN2C1=O. The Morgan fingerprint density at radius 1 is 1.38 bits per heavy atom. The minimum absolute atomic E-state index is 0.0247. The number of anilines is 1. The maximum atomic E-state index is 13.5. The van der Waals surface area contributed by atoms with Gasteiger partial charge in [0, 0.05) is 30.9 Å². The zero-order chi connectivity index (χ0) is 20.3. The number of amides is 2. The number of aromatic nitrogens is 1. The number of rotatable bonds is 2. The van der Waals surface area contributed by atoms with E-state index >= 15 is 0 Å². The third-order valence-corrected chi connectivity index (χ3v) is 5.48. The van der Waals surface area contributed by atoms with E-state index in [0.29, 0.717) is 30.4 Å². The first kappa shape index (κ1) is 17.9. The van der Waals surface area contributed by atoms with E-state index in [9.17, 15) is 18.4 Å². The number of aliphatic imine (C=N–C) groups is 1. The fourth-order valence-electron chi connectivity index (χ4n) is 3.99. The van der Waals surface area contributed by atoms with Crippen molar-refractivity contribution in [3.63, 3.8) is 0 Å². The summed E-state index contributed by atoms with van der Waals surface area (Å²) in [6, 6.07) is 1.56. The topological polar surface area (TPSA) is 81.2 Å². The highest BCUT2D eigenvalue weighted by atomic mass is 19.3. The lowest BCUT2D eigenvalue weighted by atomic mass is 10.2. The third kappa shape index (κ3) is 2.90. The molecular weight excluding hydrogens is 384 g/mol. The normalized spacial score (nSPS) is 24.9. The molecule has 10 heteroatoms. The van der Waals surface area contributed by atoms with E-state index in [-0.39, 0.29) is 24.6 Å². The first-order valence-electron chi connectivity index (χ1n) is 9.40. The molecule has 2 amide bonds. The van der Waals surface area contributed by atoms with Crippen LogP contribution in [0.5, 0.6) is 5.75 Å². The van der Waals surface area contributed by atoms with Crippen LogP contribution in [-0.2, 0) is 4.79 Å². The summed E-state index contributed by atoms with van der Waals surface area (Å²) in [7, 11) is 0. The van der Waals surface area contributed by atoms with E-state index in [1.165, 1.54) is 0 Å². The van der Waals surface area contributed by atoms with Gasteiger partial charge in [-0.25, -0.2) is 8.78 Å². The number of nitrogens with one attached hydrogen (secondary N) is 1. The van der Waals surface area contributed by atoms with Gasteiger partial charge in [0.1, 0.15) is 18.5 Å². The summed E-state index contributed by atoms with van der Waals surface area (Å²) in [6.07, 6.45) is 4.65. The van der Waals surface area contributed by atoms with Crippen molar-refractivity contribution in [1.82, 2.24) is 14.8 Å². The van der Waals surface area contributed by atoms with Gasteiger partial charge in [-0.3, -0.25) is 19.5 Å². The van der Waals surface area contributed by atoms with Crippen LogP contribution in [-0.4, -0.2) is 70.6 Å². The molecule has 0 bridgehead atoms. The summed E-state index contributed by atoms with van der Waals surface area (Å²) in [5, 5.41) is 0. The van der Waals surface area contributed by atoms with Crippen molar-refractivity contribution in [3.05, 3.63) is 35.8 Å². The Balaban J connectivity index is 1.42. The number of carbonyl (C=O) groups is 2. The fraction of sp³-hybridized carbons (Fsp3) is 0.421. The molecule has 0 saturated carbocycles. The highest BCUT2D eigenvalue weighted by molar-refractivity contribution is 6.39. The van der Waals surface area contributed by atoms with Crippen molar-refractivity contribution in [2.45, 2.75) is 25.4 Å². The monoisotopic (exact) mass is 403 g/mol. The van der Waals surface area contributed by atoms with Crippen molar-refractivity contribution in [2.75, 3.05) is 31.1 Å². The molecule has 0 aromatic carbocycles. The predicted octanol–water partition coefficient (Wildman–Crippen LogP) is 1.74. The maximum Gasteiger partial charge on any atom is 0.273 e. The predicted molar refractivity (Wildman–Crippen MR) is 100 cm³/mol. The van der Waals surface area contributed by atoms with Gasteiger partial charge in [-0.1, -0.05) is 0 Å². The lowest BCUT2D eigenvalue weighted by Gasteiger charge is -2.32. The number of fused-ring (bicyclic) bond motifs is 2. The molecule has 4 aliphatic heterocycles. The van der Waals surface area contributed by atoms with Gasteiger partial charge in [0.05, 0.1) is 18.8 Å². The Morgan fingerprint density at radius 3 is 2.97 bits per heavy atom. The fourth-order valence-corrected chi connectivity index (χ4v) is 3.99. The van der Waals surface area contributed by atoms with Gasteiger partial charge in [0.25, 0.3) is 17.7 Å². The zero-order valence-corrected chi connectivity index (χ0v) is 15.7. The zero-order valence-electron chi connectivity index (χ0n) is 15.7. The number of alkyl halides is 2. The van der Waals surface area contributed by atoms with E-state index in [0.717, 1.165) is 10.6 Å². The number of nitrogens with zero attached hydrogens (tertiary/aromatic N) is 4. The average molecular weight is 403 g/mol. The van der Waals surface area contributed by atoms with E-state index < -0.39 is 24.5 Å². The number of aromatic amines is 1. The number of allylic oxidation sites excluding steroid dienone is 1. The lowest BCUT2D eigenvalue weighted by molar-refractivity contribution is -0.121. The summed E-state index contributed by atoms with van der Waals surface area (Å²) in [4.78, 5) is 36.7. The molecule has 1 atom stereocenters. The highest BCUT2D eigenvalue weighted by Crippen LogP contribution is 2.37. The minimum Gasteiger partial charge on any atom is -0.488 e. The molecule has 1 fully saturated rings. The molecule has 0 spiro atoms. The van der Waals surface area contributed by atoms with Crippen LogP contribution in [0.2, 0.25) is 0 Å². The number of H-pyrrole nitrogens is 1. The first-order valence-corrected chi connectivity index (χ1v) is 9.40. The van der Waals surface area contributed by atoms with Gasteiger partial charge in [-0.2, -0.15) is 0 Å². The Morgan fingerprint density at radius 2 is 2.21 bits per heavy atom. The van der Waals surface area contributed by atoms with Gasteiger partial charge in [0.2, 0.25) is 0 Å². The minimum atomic E-state index is -2.84. The van der Waals surface area contributed by atoms with Crippen LogP contribution in [0.15, 0.2) is 35.1 Å². The largest absolute Gasteiger partial charge is 0.488 e. The molecule has 1 aromatic rings. The second-order valence-corrected chi connectivity index (χ2v) is 7.48. The van der Waals surface area contributed by atoms with Gasteiger partial charge < -0.3 is 19.5 Å². The number of halogens is 2. The number of likely N-dealkylation sites (tertiary alicyclic amines) is 1. The molecule has 4 aliphatic rings. The number of hydrogen-bond donors (Lipinski definition) is 1. The Bertz CT molecular complexity index is 996. The van der Waals surface area contributed by atoms with E-state index in [2.05, 4.69) is 9.98 Å². The van der Waals surface area contributed by atoms with Gasteiger partial charge >= 0.3 is 0 Å². The van der Waals surface area contributed by atoms with Crippen molar-refractivity contribution in [1.29, 1.82) is 0 Å². The molecule has 29 heavy (non-hydrogen) atoms. The molecular formula is C19H19F2N5O3. The third-order valence-electron chi connectivity index (χ3n) is 5.48. The molecule has 8 nitrogen and oxygen atoms in total. The van der Waals surface area contributed by atoms with Crippen LogP contribution in [0, 0.1) is 0 Å². The summed E-state index contributed by atoms with van der Waals surface area (Å²) in [5.74, 6) is -2.37. The molecule has 1 aromatic heterocycles. The average Bonchev–Trinajstić information content (AvgIpc) is 3.36. The second-order valence-electron chi connectivity index (χ2n) is 7.48. The van der Waals surface area contributed by atoms with E-state index in [1.807, 2.05) is 11.0 Å². The molecule has 5 heterocycles. The van der Waals surface area contributed by atoms with E-state index in [4.69, 9.17) is 4.74 Å². The molecule has 1 saturated heterocycles. The summed E-state index contributed by atoms with van der Waals surface area (Å²) < 4.78 is 32.6. The van der Waals surface area contributed by atoms with Gasteiger partial charge in [0.15, 0.2) is 11.6 Å². The van der Waals surface area contributed by atoms with Crippen LogP contribution in [0.4, 0.5) is 14.6 Å². The summed E-state index contributed by atoms with van der Waals surface area (Å²) >= 11 is 0. The Kier molecular flexibility index (Phi) is 3.80. The smallest absolute Gasteiger partial charge is 0.273 e. The van der Waals surface area contributed by atoms with Crippen LogP contribution in [0.1, 0.15) is 23.8 Å². The molecule has 0 radical (unpaired) electrons. The Hall–Kier alpha value is -3.17. The van der Waals surface area contributed by atoms with Crippen LogP contribution < -0.4 is 9.64 Å². The quantitative estimate of drug-likeness (QED) is 0.816. The molecule has 1 N–H and O–H groups in total. The number of ether oxygens (including phenoxy) is 1. The Labute approximate surface area is 165 Å². The van der Waals surface area contributed by atoms with Crippen LogP contribution in [0.3, 0.4) is 0 Å². The first-order chi connectivity index (χ1) is 13.8. The second kappa shape index (κ2) is 6.16. The van der Waals surface area contributed by atoms with Crippen molar-refractivity contribution in [3.8, 4) is 5.75 Å². The molecule has 152 valence electrons. The maximum absolute atomic E-state index is 13.5. The van der Waals surface area contributed by atoms with E-state index in [1.54, 1.807) is 30.2 Å². The molecule has 5 rings (SSSR count). The van der Waals surface area contributed by atoms with Crippen molar-refractivity contribution in [2.24, 2.45) is 4.99 Å². The molecule has 1 unspecified atom stereocenters. The standard InChI is InChI=1S/C19H19F2N5O3/c1-11-17(27)26-4-2-12(8-15(26)22-11)25-6-7-29-14-9-13(23-16(14)25)18(28)24-5-3-19(20,21)10-24/h2,4,8-9,15,23H,3,5-7,10H2,1H3. The van der Waals surface area contributed by atoms with Gasteiger partial charge in [-0.05, 0) is 19.1 Å². The van der Waals surface area contributed by atoms with Crippen LogP contribution in [0.25, 0.3) is 0 Å². The van der Waals surface area contributed by atoms with Crippen molar-refractivity contribution >= 4 is 23.3 Å². The summed E-state index contributed by atoms with van der Waals surface area (Å²) in [5.41, 5.74) is 1.48. The number of hydrogen-bond acceptors (Lipinski definition) is 5. The highest BCUT2D eigenvalue weighted by Gasteiger charge is 2.41. The molecule has 0 aliphatic carbocycles. The van der Waals surface area contributed by atoms with Crippen molar-refractivity contribution < 1.29 is 23.1 Å². The lowest BCUT2D eigenvalue weighted by Crippen LogP contribution is -2.37. The van der Waals surface area contributed by atoms with Crippen LogP contribution >= 0.6 is 0 Å². The number of carbonyl (C=O) groups excluding carboxylic acids is 2. The summed E-state index contributed by atoms with van der Waals surface area (Å²) in [6.45, 7) is 2.07.